The smallest absolute Gasteiger partial charge is 0.254 e. The lowest BCUT2D eigenvalue weighted by Crippen LogP contribution is -2.30. The summed E-state index contributed by atoms with van der Waals surface area (Å²) in [6.45, 7) is 2.53. The molecule has 0 heterocycles. The van der Waals surface area contributed by atoms with E-state index in [9.17, 15) is 9.18 Å². The fourth-order valence-electron chi connectivity index (χ4n) is 1.62. The predicted molar refractivity (Wildman–Crippen MR) is 72.9 cm³/mol. The lowest BCUT2D eigenvalue weighted by atomic mass is 10.0. The van der Waals surface area contributed by atoms with E-state index in [0.717, 1.165) is 12.8 Å². The molecule has 0 spiro atoms. The van der Waals surface area contributed by atoms with Crippen molar-refractivity contribution in [2.24, 2.45) is 5.92 Å². The van der Waals surface area contributed by atoms with Crippen LogP contribution < -0.4 is 5.32 Å². The van der Waals surface area contributed by atoms with Crippen molar-refractivity contribution < 1.29 is 9.18 Å². The van der Waals surface area contributed by atoms with Crippen molar-refractivity contribution in [3.8, 4) is 0 Å². The summed E-state index contributed by atoms with van der Waals surface area (Å²) in [7, 11) is 0. The largest absolute Gasteiger partial charge is 0.352 e. The number of rotatable bonds is 6. The van der Waals surface area contributed by atoms with Crippen LogP contribution in [0, 0.1) is 11.7 Å². The molecule has 0 aliphatic heterocycles. The monoisotopic (exact) mass is 291 g/mol. The summed E-state index contributed by atoms with van der Waals surface area (Å²) in [5.74, 6) is -0.251. The van der Waals surface area contributed by atoms with Crippen LogP contribution in [0.4, 0.5) is 4.39 Å². The van der Waals surface area contributed by atoms with Gasteiger partial charge in [0.2, 0.25) is 0 Å². The first-order valence-electron chi connectivity index (χ1n) is 5.88. The maximum absolute atomic E-state index is 13.6. The summed E-state index contributed by atoms with van der Waals surface area (Å²) >= 11 is 11.3. The first-order valence-corrected chi connectivity index (χ1v) is 6.79. The molecule has 2 nitrogen and oxygen atoms in total. The molecule has 100 valence electrons. The maximum Gasteiger partial charge on any atom is 0.254 e. The van der Waals surface area contributed by atoms with E-state index in [1.54, 1.807) is 6.07 Å². The van der Waals surface area contributed by atoms with E-state index in [0.29, 0.717) is 18.3 Å². The molecule has 0 radical (unpaired) electrons. The molecular weight excluding hydrogens is 276 g/mol. The second-order valence-electron chi connectivity index (χ2n) is 4.06. The summed E-state index contributed by atoms with van der Waals surface area (Å²) < 4.78 is 13.6. The minimum absolute atomic E-state index is 0.0248. The molecule has 1 N–H and O–H groups in total. The second kappa shape index (κ2) is 7.59. The van der Waals surface area contributed by atoms with Crippen molar-refractivity contribution in [1.82, 2.24) is 5.32 Å². The molecule has 1 atom stereocenters. The number of hydrogen-bond acceptors (Lipinski definition) is 1. The van der Waals surface area contributed by atoms with Gasteiger partial charge < -0.3 is 5.32 Å². The van der Waals surface area contributed by atoms with Gasteiger partial charge in [-0.05, 0) is 24.5 Å². The third-order valence-electron chi connectivity index (χ3n) is 2.84. The number of carbonyl (C=O) groups excluding carboxylic acids is 1. The van der Waals surface area contributed by atoms with E-state index >= 15 is 0 Å². The van der Waals surface area contributed by atoms with Crippen LogP contribution in [-0.4, -0.2) is 18.3 Å². The van der Waals surface area contributed by atoms with Crippen molar-refractivity contribution in [3.63, 3.8) is 0 Å². The van der Waals surface area contributed by atoms with Crippen LogP contribution in [0.1, 0.15) is 30.1 Å². The number of carbonyl (C=O) groups is 1. The first kappa shape index (κ1) is 15.3. The fraction of sp³-hybridized carbons (Fsp3) is 0.462. The Labute approximate surface area is 116 Å². The highest BCUT2D eigenvalue weighted by Gasteiger charge is 2.15. The Morgan fingerprint density at radius 1 is 1.50 bits per heavy atom. The zero-order chi connectivity index (χ0) is 13.5. The summed E-state index contributed by atoms with van der Waals surface area (Å²) in [6, 6.07) is 4.38. The highest BCUT2D eigenvalue weighted by Crippen LogP contribution is 2.18. The van der Waals surface area contributed by atoms with Gasteiger partial charge in [0.1, 0.15) is 0 Å². The fourth-order valence-corrected chi connectivity index (χ4v) is 2.10. The van der Waals surface area contributed by atoms with Crippen molar-refractivity contribution in [2.45, 2.75) is 19.8 Å². The summed E-state index contributed by atoms with van der Waals surface area (Å²) in [4.78, 5) is 11.8. The molecule has 0 aliphatic carbocycles. The Hall–Kier alpha value is -0.800. The summed E-state index contributed by atoms with van der Waals surface area (Å²) in [5, 5.41) is 2.66. The van der Waals surface area contributed by atoms with E-state index in [-0.39, 0.29) is 10.6 Å². The van der Waals surface area contributed by atoms with Crippen molar-refractivity contribution in [1.29, 1.82) is 0 Å². The second-order valence-corrected chi connectivity index (χ2v) is 4.85. The van der Waals surface area contributed by atoms with Gasteiger partial charge in [0, 0.05) is 12.4 Å². The molecule has 1 aromatic carbocycles. The maximum atomic E-state index is 13.6. The third kappa shape index (κ3) is 4.14. The minimum atomic E-state index is -0.679. The number of nitrogens with one attached hydrogen (secondary N) is 1. The third-order valence-corrected chi connectivity index (χ3v) is 3.35. The number of alkyl halides is 1. The van der Waals surface area contributed by atoms with Crippen LogP contribution in [0.3, 0.4) is 0 Å². The number of amides is 1. The Kier molecular flexibility index (Phi) is 6.44. The SMILES string of the molecule is CCC(CCCl)CNC(=O)c1cccc(Cl)c1F. The van der Waals surface area contributed by atoms with E-state index in [1.807, 2.05) is 6.92 Å². The number of halogens is 3. The van der Waals surface area contributed by atoms with Gasteiger partial charge in [0.05, 0.1) is 10.6 Å². The molecule has 1 amide bonds. The van der Waals surface area contributed by atoms with Gasteiger partial charge in [-0.2, -0.15) is 0 Å². The lowest BCUT2D eigenvalue weighted by Gasteiger charge is -2.14. The molecule has 1 aromatic rings. The van der Waals surface area contributed by atoms with Crippen LogP contribution in [0.25, 0.3) is 0 Å². The molecule has 0 fully saturated rings. The van der Waals surface area contributed by atoms with Crippen molar-refractivity contribution >= 4 is 29.1 Å². The highest BCUT2D eigenvalue weighted by molar-refractivity contribution is 6.31. The first-order chi connectivity index (χ1) is 8.60. The lowest BCUT2D eigenvalue weighted by molar-refractivity contribution is 0.0942. The molecule has 0 aromatic heterocycles. The standard InChI is InChI=1S/C13H16Cl2FNO/c1-2-9(6-7-14)8-17-13(18)10-4-3-5-11(15)12(10)16/h3-5,9H,2,6-8H2,1H3,(H,17,18). The summed E-state index contributed by atoms with van der Waals surface area (Å²) in [5.41, 5.74) is -0.0248. The van der Waals surface area contributed by atoms with Gasteiger partial charge in [-0.15, -0.1) is 11.6 Å². The normalized spacial score (nSPS) is 12.2. The highest BCUT2D eigenvalue weighted by atomic mass is 35.5. The molecule has 18 heavy (non-hydrogen) atoms. The van der Waals surface area contributed by atoms with Gasteiger partial charge >= 0.3 is 0 Å². The van der Waals surface area contributed by atoms with Gasteiger partial charge in [-0.25, -0.2) is 4.39 Å². The molecule has 1 rings (SSSR count). The summed E-state index contributed by atoms with van der Waals surface area (Å²) in [6.07, 6.45) is 1.75. The zero-order valence-corrected chi connectivity index (χ0v) is 11.7. The quantitative estimate of drug-likeness (QED) is 0.792. The van der Waals surface area contributed by atoms with Crippen LogP contribution in [0.15, 0.2) is 18.2 Å². The molecule has 0 bridgehead atoms. The molecule has 5 heteroatoms. The van der Waals surface area contributed by atoms with Crippen LogP contribution in [0.2, 0.25) is 5.02 Å². The Balaban J connectivity index is 2.62. The van der Waals surface area contributed by atoms with E-state index < -0.39 is 11.7 Å². The average molecular weight is 292 g/mol. The van der Waals surface area contributed by atoms with Crippen LogP contribution in [0.5, 0.6) is 0 Å². The van der Waals surface area contributed by atoms with Crippen LogP contribution in [-0.2, 0) is 0 Å². The Bertz CT molecular complexity index is 412. The van der Waals surface area contributed by atoms with E-state index in [1.165, 1.54) is 12.1 Å². The van der Waals surface area contributed by atoms with Gasteiger partial charge in [-0.1, -0.05) is 31.0 Å². The van der Waals surface area contributed by atoms with Crippen LogP contribution >= 0.6 is 23.2 Å². The minimum Gasteiger partial charge on any atom is -0.352 e. The zero-order valence-electron chi connectivity index (χ0n) is 10.2. The topological polar surface area (TPSA) is 29.1 Å². The van der Waals surface area contributed by atoms with Gasteiger partial charge in [-0.3, -0.25) is 4.79 Å². The predicted octanol–water partition coefficient (Wildman–Crippen LogP) is 3.86. The molecule has 0 aliphatic rings. The molecule has 1 unspecified atom stereocenters. The average Bonchev–Trinajstić information content (AvgIpc) is 2.37. The number of benzene rings is 1. The van der Waals surface area contributed by atoms with Crippen molar-refractivity contribution in [3.05, 3.63) is 34.6 Å². The van der Waals surface area contributed by atoms with Gasteiger partial charge in [0.15, 0.2) is 5.82 Å². The van der Waals surface area contributed by atoms with Crippen molar-refractivity contribution in [2.75, 3.05) is 12.4 Å². The molecular formula is C13H16Cl2FNO. The molecule has 0 saturated heterocycles. The Morgan fingerprint density at radius 3 is 2.83 bits per heavy atom. The molecule has 0 saturated carbocycles. The Morgan fingerprint density at radius 2 is 2.22 bits per heavy atom. The van der Waals surface area contributed by atoms with E-state index in [2.05, 4.69) is 5.32 Å². The van der Waals surface area contributed by atoms with Gasteiger partial charge in [0.25, 0.3) is 5.91 Å². The van der Waals surface area contributed by atoms with E-state index in [4.69, 9.17) is 23.2 Å². The number of hydrogen-bond donors (Lipinski definition) is 1.